The number of rotatable bonds is 9. The number of hydrogen-bond donors (Lipinski definition) is 1. The molecule has 0 spiro atoms. The molecule has 5 nitrogen and oxygen atoms in total. The highest BCUT2D eigenvalue weighted by Gasteiger charge is 2.48. The summed E-state index contributed by atoms with van der Waals surface area (Å²) in [5.41, 5.74) is 1.39. The highest BCUT2D eigenvalue weighted by Crippen LogP contribution is 2.45. The fraction of sp³-hybridized carbons (Fsp3) is 0.467. The van der Waals surface area contributed by atoms with Crippen molar-refractivity contribution in [3.8, 4) is 23.6 Å². The van der Waals surface area contributed by atoms with E-state index in [2.05, 4.69) is 27.8 Å². The maximum absolute atomic E-state index is 13.6. The number of hydrogen-bond acceptors (Lipinski definition) is 6. The maximum Gasteiger partial charge on any atom is 0.317 e. The van der Waals surface area contributed by atoms with Crippen molar-refractivity contribution in [2.24, 2.45) is 11.8 Å². The van der Waals surface area contributed by atoms with Crippen molar-refractivity contribution in [2.75, 3.05) is 6.54 Å². The molecule has 3 unspecified atom stereocenters. The number of ether oxygens (including phenoxy) is 1. The number of aromatic nitrogens is 1. The Balaban J connectivity index is 1.16. The SMILES string of the molecule is C#CC1CC(OC(=O)C2(c3cccs3)CCCCCC2)C1CCNCc1cc(-c2ccccc2)no1. The van der Waals surface area contributed by atoms with Gasteiger partial charge < -0.3 is 14.6 Å². The van der Waals surface area contributed by atoms with E-state index in [1.807, 2.05) is 42.5 Å². The minimum Gasteiger partial charge on any atom is -0.461 e. The van der Waals surface area contributed by atoms with E-state index in [-0.39, 0.29) is 23.9 Å². The zero-order valence-corrected chi connectivity index (χ0v) is 21.5. The van der Waals surface area contributed by atoms with Crippen molar-refractivity contribution in [3.05, 3.63) is 64.5 Å². The van der Waals surface area contributed by atoms with Crippen molar-refractivity contribution in [1.82, 2.24) is 10.5 Å². The first kappa shape index (κ1) is 24.8. The molecule has 0 amide bonds. The molecular weight excluding hydrogens is 468 g/mol. The summed E-state index contributed by atoms with van der Waals surface area (Å²) in [4.78, 5) is 14.8. The molecule has 3 aromatic rings. The minimum absolute atomic E-state index is 0.0413. The number of thiophene rings is 1. The van der Waals surface area contributed by atoms with Gasteiger partial charge in [-0.05, 0) is 43.7 Å². The van der Waals surface area contributed by atoms with E-state index in [9.17, 15) is 4.79 Å². The number of benzene rings is 1. The van der Waals surface area contributed by atoms with Gasteiger partial charge in [-0.3, -0.25) is 4.79 Å². The lowest BCUT2D eigenvalue weighted by atomic mass is 9.69. The van der Waals surface area contributed by atoms with E-state index in [0.717, 1.165) is 67.0 Å². The van der Waals surface area contributed by atoms with Gasteiger partial charge in [0.2, 0.25) is 0 Å². The van der Waals surface area contributed by atoms with Crippen LogP contribution in [0.3, 0.4) is 0 Å². The molecule has 2 heterocycles. The number of esters is 1. The van der Waals surface area contributed by atoms with Crippen LogP contribution in [0, 0.1) is 24.2 Å². The molecule has 0 saturated heterocycles. The summed E-state index contributed by atoms with van der Waals surface area (Å²) in [6.07, 6.45) is 13.6. The van der Waals surface area contributed by atoms with E-state index in [0.29, 0.717) is 6.54 Å². The first-order chi connectivity index (χ1) is 17.7. The second-order valence-electron chi connectivity index (χ2n) is 10.1. The minimum atomic E-state index is -0.489. The Bertz CT molecular complexity index is 1160. The average molecular weight is 503 g/mol. The lowest BCUT2D eigenvalue weighted by Crippen LogP contribution is -2.48. The molecule has 2 aromatic heterocycles. The monoisotopic (exact) mass is 502 g/mol. The summed E-state index contributed by atoms with van der Waals surface area (Å²) in [5, 5.41) is 9.69. The predicted molar refractivity (Wildman–Crippen MR) is 142 cm³/mol. The number of terminal acetylenes is 1. The maximum atomic E-state index is 13.6. The number of nitrogens with one attached hydrogen (secondary N) is 1. The normalized spacial score (nSPS) is 23.2. The van der Waals surface area contributed by atoms with E-state index in [1.165, 1.54) is 12.8 Å². The highest BCUT2D eigenvalue weighted by molar-refractivity contribution is 7.10. The van der Waals surface area contributed by atoms with Crippen molar-refractivity contribution < 1.29 is 14.1 Å². The topological polar surface area (TPSA) is 64.4 Å². The fourth-order valence-electron chi connectivity index (χ4n) is 5.68. The summed E-state index contributed by atoms with van der Waals surface area (Å²) in [6, 6.07) is 16.1. The van der Waals surface area contributed by atoms with Gasteiger partial charge in [0.1, 0.15) is 17.2 Å². The van der Waals surface area contributed by atoms with E-state index >= 15 is 0 Å². The Hall–Kier alpha value is -2.88. The molecule has 2 fully saturated rings. The van der Waals surface area contributed by atoms with Crippen molar-refractivity contribution >= 4 is 17.3 Å². The summed E-state index contributed by atoms with van der Waals surface area (Å²) in [6.45, 7) is 1.37. The molecule has 0 aliphatic heterocycles. The van der Waals surface area contributed by atoms with Crippen LogP contribution in [0.25, 0.3) is 11.3 Å². The van der Waals surface area contributed by atoms with Gasteiger partial charge in [0.25, 0.3) is 0 Å². The molecule has 6 heteroatoms. The van der Waals surface area contributed by atoms with Crippen LogP contribution in [0.1, 0.15) is 62.0 Å². The van der Waals surface area contributed by atoms with Crippen LogP contribution in [0.15, 0.2) is 58.4 Å². The number of nitrogens with zero attached hydrogens (tertiary/aromatic N) is 1. The van der Waals surface area contributed by atoms with Crippen LogP contribution in [0.5, 0.6) is 0 Å². The Kier molecular flexibility index (Phi) is 7.89. The molecule has 188 valence electrons. The van der Waals surface area contributed by atoms with Gasteiger partial charge >= 0.3 is 5.97 Å². The average Bonchev–Trinajstić information content (AvgIpc) is 3.55. The largest absolute Gasteiger partial charge is 0.461 e. The molecule has 2 aliphatic carbocycles. The molecule has 3 atom stereocenters. The Labute approximate surface area is 217 Å². The van der Waals surface area contributed by atoms with Gasteiger partial charge in [0.15, 0.2) is 5.76 Å². The van der Waals surface area contributed by atoms with Crippen LogP contribution in [-0.2, 0) is 21.5 Å². The number of carbonyl (C=O) groups is 1. The predicted octanol–water partition coefficient (Wildman–Crippen LogP) is 6.36. The van der Waals surface area contributed by atoms with Crippen LogP contribution >= 0.6 is 11.3 Å². The second-order valence-corrected chi connectivity index (χ2v) is 11.0. The van der Waals surface area contributed by atoms with Crippen molar-refractivity contribution in [2.45, 2.75) is 69.4 Å². The highest BCUT2D eigenvalue weighted by atomic mass is 32.1. The molecular formula is C30H34N2O3S. The molecule has 2 aliphatic rings. The first-order valence-corrected chi connectivity index (χ1v) is 14.0. The van der Waals surface area contributed by atoms with Gasteiger partial charge in [-0.1, -0.05) is 67.2 Å². The third-order valence-electron chi connectivity index (χ3n) is 7.88. The summed E-state index contributed by atoms with van der Waals surface area (Å²) in [5.74, 6) is 4.02. The third-order valence-corrected chi connectivity index (χ3v) is 8.95. The number of carbonyl (C=O) groups excluding carboxylic acids is 1. The lowest BCUT2D eigenvalue weighted by molar-refractivity contribution is -0.169. The zero-order chi connectivity index (χ0) is 24.8. The molecule has 1 N–H and O–H groups in total. The quantitative estimate of drug-likeness (QED) is 0.160. The zero-order valence-electron chi connectivity index (χ0n) is 20.7. The van der Waals surface area contributed by atoms with Crippen LogP contribution in [-0.4, -0.2) is 23.8 Å². The molecule has 1 aromatic carbocycles. The second kappa shape index (κ2) is 11.5. The first-order valence-electron chi connectivity index (χ1n) is 13.1. The van der Waals surface area contributed by atoms with Gasteiger partial charge in [0, 0.05) is 28.3 Å². The Morgan fingerprint density at radius 2 is 1.97 bits per heavy atom. The summed E-state index contributed by atoms with van der Waals surface area (Å²) in [7, 11) is 0. The molecule has 0 radical (unpaired) electrons. The van der Waals surface area contributed by atoms with Crippen LogP contribution in [0.2, 0.25) is 0 Å². The smallest absolute Gasteiger partial charge is 0.317 e. The lowest BCUT2D eigenvalue weighted by Gasteiger charge is -2.43. The van der Waals surface area contributed by atoms with Crippen molar-refractivity contribution in [3.63, 3.8) is 0 Å². The van der Waals surface area contributed by atoms with Gasteiger partial charge in [-0.2, -0.15) is 0 Å². The molecule has 0 bridgehead atoms. The van der Waals surface area contributed by atoms with E-state index in [4.69, 9.17) is 15.7 Å². The standard InChI is InChI=1S/C30H34N2O3S/c1-2-22-19-27(34-29(33)30(28-13-10-18-36-28)15-8-3-4-9-16-30)25(22)14-17-31-21-24-20-26(32-35-24)23-11-6-5-7-12-23/h1,5-7,10-13,18,20,22,25,27,31H,3-4,8-9,14-17,19,21H2. The summed E-state index contributed by atoms with van der Waals surface area (Å²) >= 11 is 1.68. The van der Waals surface area contributed by atoms with Gasteiger partial charge in [-0.15, -0.1) is 23.7 Å². The molecule has 36 heavy (non-hydrogen) atoms. The van der Waals surface area contributed by atoms with Crippen LogP contribution in [0.4, 0.5) is 0 Å². The van der Waals surface area contributed by atoms with Gasteiger partial charge in [-0.25, -0.2) is 0 Å². The third kappa shape index (κ3) is 5.28. The van der Waals surface area contributed by atoms with Crippen molar-refractivity contribution in [1.29, 1.82) is 0 Å². The van der Waals surface area contributed by atoms with E-state index in [1.54, 1.807) is 11.3 Å². The molecule has 5 rings (SSSR count). The van der Waals surface area contributed by atoms with Gasteiger partial charge in [0.05, 0.1) is 6.54 Å². The Morgan fingerprint density at radius 3 is 2.69 bits per heavy atom. The summed E-state index contributed by atoms with van der Waals surface area (Å²) < 4.78 is 11.7. The Morgan fingerprint density at radius 1 is 1.17 bits per heavy atom. The van der Waals surface area contributed by atoms with E-state index < -0.39 is 5.41 Å². The van der Waals surface area contributed by atoms with Crippen LogP contribution < -0.4 is 5.32 Å². The fourth-order valence-corrected chi connectivity index (χ4v) is 6.66. The molecule has 2 saturated carbocycles.